The third kappa shape index (κ3) is 5.21. The van der Waals surface area contributed by atoms with Crippen molar-refractivity contribution in [2.75, 3.05) is 13.2 Å². The van der Waals surface area contributed by atoms with Crippen LogP contribution in [0.5, 0.6) is 0 Å². The fourth-order valence-electron chi connectivity index (χ4n) is 2.08. The molecule has 0 radical (unpaired) electrons. The lowest BCUT2D eigenvalue weighted by molar-refractivity contribution is -0.124. The van der Waals surface area contributed by atoms with Gasteiger partial charge in [0.2, 0.25) is 0 Å². The Labute approximate surface area is 134 Å². The zero-order chi connectivity index (χ0) is 16.7. The number of ether oxygens (including phenoxy) is 1. The molecule has 0 fully saturated rings. The van der Waals surface area contributed by atoms with Crippen molar-refractivity contribution in [2.24, 2.45) is 0 Å². The molecule has 5 heteroatoms. The zero-order valence-corrected chi connectivity index (χ0v) is 12.8. The SMILES string of the molecule is Cc1ccccc1CCNC(=O)COC(=O)c1ccc(F)cc1. The molecule has 0 saturated heterocycles. The van der Waals surface area contributed by atoms with Gasteiger partial charge in [-0.05, 0) is 48.7 Å². The molecule has 120 valence electrons. The summed E-state index contributed by atoms with van der Waals surface area (Å²) in [6, 6.07) is 12.9. The van der Waals surface area contributed by atoms with Crippen LogP contribution in [0.15, 0.2) is 48.5 Å². The molecule has 2 rings (SSSR count). The molecule has 0 unspecified atom stereocenters. The Bertz CT molecular complexity index is 683. The lowest BCUT2D eigenvalue weighted by Crippen LogP contribution is -2.30. The molecule has 4 nitrogen and oxygen atoms in total. The second kappa shape index (κ2) is 8.08. The number of nitrogens with one attached hydrogen (secondary N) is 1. The van der Waals surface area contributed by atoms with Gasteiger partial charge in [-0.15, -0.1) is 0 Å². The summed E-state index contributed by atoms with van der Waals surface area (Å²) in [6.45, 7) is 2.13. The van der Waals surface area contributed by atoms with Gasteiger partial charge in [0.05, 0.1) is 5.56 Å². The number of amides is 1. The molecule has 0 heterocycles. The average molecular weight is 315 g/mol. The molecule has 1 N–H and O–H groups in total. The minimum Gasteiger partial charge on any atom is -0.452 e. The Morgan fingerprint density at radius 3 is 2.48 bits per heavy atom. The van der Waals surface area contributed by atoms with Crippen LogP contribution in [0.25, 0.3) is 0 Å². The van der Waals surface area contributed by atoms with Gasteiger partial charge in [0, 0.05) is 6.54 Å². The fraction of sp³-hybridized carbons (Fsp3) is 0.222. The van der Waals surface area contributed by atoms with Crippen LogP contribution < -0.4 is 5.32 Å². The highest BCUT2D eigenvalue weighted by Gasteiger charge is 2.10. The normalized spacial score (nSPS) is 10.2. The van der Waals surface area contributed by atoms with E-state index in [-0.39, 0.29) is 18.1 Å². The van der Waals surface area contributed by atoms with Gasteiger partial charge in [-0.2, -0.15) is 0 Å². The van der Waals surface area contributed by atoms with Gasteiger partial charge >= 0.3 is 5.97 Å². The Balaban J connectivity index is 1.72. The lowest BCUT2D eigenvalue weighted by Gasteiger charge is -2.08. The summed E-state index contributed by atoms with van der Waals surface area (Å²) in [5.74, 6) is -1.46. The van der Waals surface area contributed by atoms with Crippen molar-refractivity contribution in [3.8, 4) is 0 Å². The van der Waals surface area contributed by atoms with Gasteiger partial charge in [-0.25, -0.2) is 9.18 Å². The molecule has 0 aromatic heterocycles. The molecule has 0 saturated carbocycles. The molecule has 2 aromatic carbocycles. The number of benzene rings is 2. The Hall–Kier alpha value is -2.69. The highest BCUT2D eigenvalue weighted by atomic mass is 19.1. The summed E-state index contributed by atoms with van der Waals surface area (Å²) in [6.07, 6.45) is 0.713. The van der Waals surface area contributed by atoms with Gasteiger partial charge in [-0.3, -0.25) is 4.79 Å². The molecule has 0 aliphatic rings. The first-order valence-corrected chi connectivity index (χ1v) is 7.30. The van der Waals surface area contributed by atoms with Crippen molar-refractivity contribution in [1.82, 2.24) is 5.32 Å². The van der Waals surface area contributed by atoms with E-state index >= 15 is 0 Å². The van der Waals surface area contributed by atoms with Gasteiger partial charge in [-0.1, -0.05) is 24.3 Å². The monoisotopic (exact) mass is 315 g/mol. The predicted octanol–water partition coefficient (Wildman–Crippen LogP) is 2.65. The van der Waals surface area contributed by atoms with E-state index < -0.39 is 11.8 Å². The van der Waals surface area contributed by atoms with Crippen molar-refractivity contribution >= 4 is 11.9 Å². The van der Waals surface area contributed by atoms with Crippen LogP contribution in [0.3, 0.4) is 0 Å². The van der Waals surface area contributed by atoms with Gasteiger partial charge in [0.1, 0.15) is 5.82 Å². The second-order valence-electron chi connectivity index (χ2n) is 5.11. The Morgan fingerprint density at radius 1 is 1.09 bits per heavy atom. The number of hydrogen-bond donors (Lipinski definition) is 1. The standard InChI is InChI=1S/C18H18FNO3/c1-13-4-2-3-5-14(13)10-11-20-17(21)12-23-18(22)15-6-8-16(19)9-7-15/h2-9H,10-12H2,1H3,(H,20,21). The first-order valence-electron chi connectivity index (χ1n) is 7.30. The number of esters is 1. The molecule has 0 aliphatic carbocycles. The quantitative estimate of drug-likeness (QED) is 0.834. The van der Waals surface area contributed by atoms with E-state index in [0.717, 1.165) is 5.56 Å². The minimum absolute atomic E-state index is 0.208. The molecular formula is C18H18FNO3. The molecule has 0 aliphatic heterocycles. The third-order valence-electron chi connectivity index (χ3n) is 3.39. The van der Waals surface area contributed by atoms with E-state index in [0.29, 0.717) is 13.0 Å². The second-order valence-corrected chi connectivity index (χ2v) is 5.11. The van der Waals surface area contributed by atoms with Crippen molar-refractivity contribution in [3.63, 3.8) is 0 Å². The number of hydrogen-bond acceptors (Lipinski definition) is 3. The maximum atomic E-state index is 12.8. The highest BCUT2D eigenvalue weighted by molar-refractivity contribution is 5.91. The summed E-state index contributed by atoms with van der Waals surface area (Å²) in [5, 5.41) is 2.70. The smallest absolute Gasteiger partial charge is 0.338 e. The molecule has 0 bridgehead atoms. The summed E-state index contributed by atoms with van der Waals surface area (Å²) in [5.41, 5.74) is 2.54. The van der Waals surface area contributed by atoms with E-state index in [2.05, 4.69) is 5.32 Å². The summed E-state index contributed by atoms with van der Waals surface area (Å²) in [4.78, 5) is 23.3. The number of carbonyl (C=O) groups is 2. The van der Waals surface area contributed by atoms with E-state index in [4.69, 9.17) is 4.74 Å². The number of halogens is 1. The van der Waals surface area contributed by atoms with Crippen LogP contribution in [0.2, 0.25) is 0 Å². The van der Waals surface area contributed by atoms with E-state index in [1.807, 2.05) is 31.2 Å². The molecule has 0 spiro atoms. The molecule has 2 aromatic rings. The van der Waals surface area contributed by atoms with E-state index in [1.165, 1.54) is 29.8 Å². The van der Waals surface area contributed by atoms with Crippen LogP contribution in [-0.2, 0) is 16.0 Å². The third-order valence-corrected chi connectivity index (χ3v) is 3.39. The highest BCUT2D eigenvalue weighted by Crippen LogP contribution is 2.07. The van der Waals surface area contributed by atoms with E-state index in [9.17, 15) is 14.0 Å². The predicted molar refractivity (Wildman–Crippen MR) is 84.6 cm³/mol. The molecule has 0 atom stereocenters. The number of carbonyl (C=O) groups excluding carboxylic acids is 2. The fourth-order valence-corrected chi connectivity index (χ4v) is 2.08. The van der Waals surface area contributed by atoms with Gasteiger partial charge < -0.3 is 10.1 Å². The Morgan fingerprint density at radius 2 is 1.78 bits per heavy atom. The summed E-state index contributed by atoms with van der Waals surface area (Å²) >= 11 is 0. The summed E-state index contributed by atoms with van der Waals surface area (Å²) in [7, 11) is 0. The Kier molecular flexibility index (Phi) is 5.86. The van der Waals surface area contributed by atoms with Crippen molar-refractivity contribution < 1.29 is 18.7 Å². The van der Waals surface area contributed by atoms with Crippen LogP contribution in [0.4, 0.5) is 4.39 Å². The topological polar surface area (TPSA) is 55.4 Å². The number of rotatable bonds is 6. The average Bonchev–Trinajstić information content (AvgIpc) is 2.55. The lowest BCUT2D eigenvalue weighted by atomic mass is 10.1. The molecular weight excluding hydrogens is 297 g/mol. The summed E-state index contributed by atoms with van der Waals surface area (Å²) < 4.78 is 17.6. The first-order chi connectivity index (χ1) is 11.1. The van der Waals surface area contributed by atoms with Crippen molar-refractivity contribution in [1.29, 1.82) is 0 Å². The van der Waals surface area contributed by atoms with E-state index in [1.54, 1.807) is 0 Å². The van der Waals surface area contributed by atoms with Crippen molar-refractivity contribution in [3.05, 3.63) is 71.0 Å². The minimum atomic E-state index is -0.654. The van der Waals surface area contributed by atoms with Crippen LogP contribution in [-0.4, -0.2) is 25.0 Å². The van der Waals surface area contributed by atoms with Crippen molar-refractivity contribution in [2.45, 2.75) is 13.3 Å². The van der Waals surface area contributed by atoms with Crippen LogP contribution in [0, 0.1) is 12.7 Å². The zero-order valence-electron chi connectivity index (χ0n) is 12.8. The van der Waals surface area contributed by atoms with Crippen LogP contribution >= 0.6 is 0 Å². The number of aryl methyl sites for hydroxylation is 1. The molecule has 23 heavy (non-hydrogen) atoms. The first kappa shape index (κ1) is 16.7. The molecule has 1 amide bonds. The van der Waals surface area contributed by atoms with Gasteiger partial charge in [0.25, 0.3) is 5.91 Å². The maximum absolute atomic E-state index is 12.8. The van der Waals surface area contributed by atoms with Crippen LogP contribution in [0.1, 0.15) is 21.5 Å². The largest absolute Gasteiger partial charge is 0.452 e. The van der Waals surface area contributed by atoms with Gasteiger partial charge in [0.15, 0.2) is 6.61 Å². The maximum Gasteiger partial charge on any atom is 0.338 e.